The van der Waals surface area contributed by atoms with Crippen molar-refractivity contribution in [1.29, 1.82) is 0 Å². The van der Waals surface area contributed by atoms with Gasteiger partial charge in [-0.25, -0.2) is 4.79 Å². The van der Waals surface area contributed by atoms with Crippen LogP contribution in [0, 0.1) is 0 Å². The summed E-state index contributed by atoms with van der Waals surface area (Å²) in [6, 6.07) is 25.0. The van der Waals surface area contributed by atoms with Gasteiger partial charge in [-0.2, -0.15) is 0 Å². The van der Waals surface area contributed by atoms with E-state index in [0.717, 1.165) is 33.3 Å². The second-order valence-corrected chi connectivity index (χ2v) is 8.70. The molecule has 1 aromatic heterocycles. The molecule has 0 unspecified atom stereocenters. The number of fused-ring (bicyclic) bond motifs is 1. The number of hydrogen-bond donors (Lipinski definition) is 1. The largest absolute Gasteiger partial charge is 0.388 e. The Balaban J connectivity index is 1.42. The molecule has 1 aliphatic heterocycles. The van der Waals surface area contributed by atoms with Crippen molar-refractivity contribution >= 4 is 28.4 Å². The van der Waals surface area contributed by atoms with Gasteiger partial charge in [-0.05, 0) is 41.0 Å². The van der Waals surface area contributed by atoms with E-state index < -0.39 is 6.61 Å². The van der Waals surface area contributed by atoms with E-state index in [1.54, 1.807) is 28.1 Å². The number of amides is 2. The van der Waals surface area contributed by atoms with Crippen LogP contribution in [0.3, 0.4) is 0 Å². The van der Waals surface area contributed by atoms with E-state index in [4.69, 9.17) is 9.84 Å². The molecule has 7 heteroatoms. The average molecular weight is 482 g/mol. The molecule has 2 heterocycles. The molecule has 0 atom stereocenters. The molecule has 7 nitrogen and oxygen atoms in total. The van der Waals surface area contributed by atoms with Gasteiger partial charge in [-0.15, -0.1) is 0 Å². The fourth-order valence-corrected chi connectivity index (χ4v) is 4.34. The van der Waals surface area contributed by atoms with Gasteiger partial charge < -0.3 is 14.7 Å². The van der Waals surface area contributed by atoms with Crippen LogP contribution in [0.1, 0.15) is 15.9 Å². The van der Waals surface area contributed by atoms with Gasteiger partial charge in [0.05, 0.1) is 25.3 Å². The minimum atomic E-state index is -0.527. The van der Waals surface area contributed by atoms with Crippen LogP contribution in [0.15, 0.2) is 85.1 Å². The number of hydrogen-bond acceptors (Lipinski definition) is 5. The summed E-state index contributed by atoms with van der Waals surface area (Å²) in [4.78, 5) is 33.3. The molecular weight excluding hydrogens is 454 g/mol. The van der Waals surface area contributed by atoms with Gasteiger partial charge in [-0.3, -0.25) is 14.7 Å². The number of aliphatic hydroxyl groups excluding tert-OH is 1. The Morgan fingerprint density at radius 3 is 2.36 bits per heavy atom. The van der Waals surface area contributed by atoms with E-state index in [0.29, 0.717) is 38.4 Å². The summed E-state index contributed by atoms with van der Waals surface area (Å²) in [5, 5.41) is 10.2. The van der Waals surface area contributed by atoms with E-state index in [1.807, 2.05) is 48.5 Å². The predicted molar refractivity (Wildman–Crippen MR) is 139 cm³/mol. The van der Waals surface area contributed by atoms with Crippen LogP contribution < -0.4 is 4.90 Å². The summed E-state index contributed by atoms with van der Waals surface area (Å²) in [5.41, 5.74) is 5.15. The van der Waals surface area contributed by atoms with Crippen LogP contribution in [0.2, 0.25) is 0 Å². The number of nitrogens with zero attached hydrogens (tertiary/aromatic N) is 3. The first-order valence-electron chi connectivity index (χ1n) is 11.9. The SMILES string of the molecule is O=C(CO)c1ccc(CN(C(=O)N2CCOCC2)c2ccc(-c3ccc4cccnc4c3)cc2)cc1. The highest BCUT2D eigenvalue weighted by atomic mass is 16.5. The predicted octanol–water partition coefficient (Wildman–Crippen LogP) is 4.54. The topological polar surface area (TPSA) is 83.0 Å². The smallest absolute Gasteiger partial charge is 0.324 e. The van der Waals surface area contributed by atoms with E-state index in [2.05, 4.69) is 23.2 Å². The number of benzene rings is 3. The molecule has 1 fully saturated rings. The van der Waals surface area contributed by atoms with Crippen molar-refractivity contribution in [3.63, 3.8) is 0 Å². The van der Waals surface area contributed by atoms with Crippen LogP contribution in [-0.2, 0) is 11.3 Å². The molecule has 0 aliphatic carbocycles. The number of ketones is 1. The van der Waals surface area contributed by atoms with Crippen LogP contribution in [0.5, 0.6) is 0 Å². The van der Waals surface area contributed by atoms with Crippen molar-refractivity contribution in [2.75, 3.05) is 37.8 Å². The van der Waals surface area contributed by atoms with Gasteiger partial charge in [-0.1, -0.05) is 54.6 Å². The normalized spacial score (nSPS) is 13.5. The number of carbonyl (C=O) groups excluding carboxylic acids is 2. The first-order valence-corrected chi connectivity index (χ1v) is 11.9. The molecular formula is C29H27N3O4. The zero-order valence-electron chi connectivity index (χ0n) is 19.8. The molecule has 182 valence electrons. The molecule has 0 radical (unpaired) electrons. The second kappa shape index (κ2) is 10.7. The lowest BCUT2D eigenvalue weighted by Crippen LogP contribution is -2.48. The highest BCUT2D eigenvalue weighted by Gasteiger charge is 2.24. The summed E-state index contributed by atoms with van der Waals surface area (Å²) in [5.74, 6) is -0.331. The summed E-state index contributed by atoms with van der Waals surface area (Å²) < 4.78 is 5.43. The van der Waals surface area contributed by atoms with Gasteiger partial charge in [0.2, 0.25) is 0 Å². The van der Waals surface area contributed by atoms with Gasteiger partial charge in [0.25, 0.3) is 0 Å². The van der Waals surface area contributed by atoms with E-state index >= 15 is 0 Å². The third-order valence-electron chi connectivity index (χ3n) is 6.39. The number of aliphatic hydroxyl groups is 1. The highest BCUT2D eigenvalue weighted by Crippen LogP contribution is 2.27. The average Bonchev–Trinajstić information content (AvgIpc) is 2.96. The summed E-state index contributed by atoms with van der Waals surface area (Å²) in [6.07, 6.45) is 1.79. The molecule has 36 heavy (non-hydrogen) atoms. The maximum Gasteiger partial charge on any atom is 0.324 e. The number of pyridine rings is 1. The highest BCUT2D eigenvalue weighted by molar-refractivity contribution is 5.97. The van der Waals surface area contributed by atoms with Crippen LogP contribution in [-0.4, -0.2) is 59.7 Å². The van der Waals surface area contributed by atoms with Crippen molar-refractivity contribution in [3.05, 3.63) is 96.2 Å². The summed E-state index contributed by atoms with van der Waals surface area (Å²) >= 11 is 0. The standard InChI is InChI=1S/C29H27N3O4/c33-20-28(34)24-5-3-21(4-6-24)19-32(29(35)31-14-16-36-17-15-31)26-11-9-22(10-12-26)25-8-7-23-2-1-13-30-27(23)18-25/h1-13,18,33H,14-17,19-20H2. The third-order valence-corrected chi connectivity index (χ3v) is 6.39. The zero-order chi connectivity index (χ0) is 24.9. The Morgan fingerprint density at radius 2 is 1.64 bits per heavy atom. The van der Waals surface area contributed by atoms with Gasteiger partial charge >= 0.3 is 6.03 Å². The minimum Gasteiger partial charge on any atom is -0.388 e. The summed E-state index contributed by atoms with van der Waals surface area (Å²) in [6.45, 7) is 1.95. The Kier molecular flexibility index (Phi) is 7.02. The fraction of sp³-hybridized carbons (Fsp3) is 0.207. The minimum absolute atomic E-state index is 0.0866. The molecule has 3 aromatic carbocycles. The fourth-order valence-electron chi connectivity index (χ4n) is 4.34. The molecule has 5 rings (SSSR count). The molecule has 0 bridgehead atoms. The number of ether oxygens (including phenoxy) is 1. The quantitative estimate of drug-likeness (QED) is 0.409. The van der Waals surface area contributed by atoms with Gasteiger partial charge in [0.1, 0.15) is 6.61 Å². The zero-order valence-corrected chi connectivity index (χ0v) is 19.8. The lowest BCUT2D eigenvalue weighted by atomic mass is 10.0. The van der Waals surface area contributed by atoms with Crippen molar-refractivity contribution in [2.45, 2.75) is 6.54 Å². The van der Waals surface area contributed by atoms with Crippen LogP contribution in [0.25, 0.3) is 22.0 Å². The number of morpholine rings is 1. The van der Waals surface area contributed by atoms with Gasteiger partial charge in [0, 0.05) is 35.9 Å². The molecule has 4 aromatic rings. The first kappa shape index (κ1) is 23.7. The summed E-state index contributed by atoms with van der Waals surface area (Å²) in [7, 11) is 0. The maximum atomic E-state index is 13.5. The van der Waals surface area contributed by atoms with E-state index in [-0.39, 0.29) is 11.8 Å². The van der Waals surface area contributed by atoms with Crippen molar-refractivity contribution < 1.29 is 19.4 Å². The maximum absolute atomic E-state index is 13.5. The number of carbonyl (C=O) groups is 2. The number of Topliss-reactive ketones (excluding diaryl/α,β-unsaturated/α-hetero) is 1. The second-order valence-electron chi connectivity index (χ2n) is 8.70. The van der Waals surface area contributed by atoms with Crippen molar-refractivity contribution in [3.8, 4) is 11.1 Å². The molecule has 1 N–H and O–H groups in total. The molecule has 1 saturated heterocycles. The Morgan fingerprint density at radius 1 is 0.917 bits per heavy atom. The number of anilines is 1. The first-order chi connectivity index (χ1) is 17.6. The van der Waals surface area contributed by atoms with E-state index in [9.17, 15) is 9.59 Å². The number of rotatable bonds is 6. The third kappa shape index (κ3) is 5.12. The van der Waals surface area contributed by atoms with Gasteiger partial charge in [0.15, 0.2) is 5.78 Å². The lowest BCUT2D eigenvalue weighted by molar-refractivity contribution is 0.0548. The molecule has 1 aliphatic rings. The van der Waals surface area contributed by atoms with Crippen LogP contribution in [0.4, 0.5) is 10.5 Å². The number of urea groups is 1. The molecule has 0 saturated carbocycles. The molecule has 0 spiro atoms. The Labute approximate surface area is 209 Å². The van der Waals surface area contributed by atoms with Crippen LogP contribution >= 0.6 is 0 Å². The van der Waals surface area contributed by atoms with Crippen molar-refractivity contribution in [2.24, 2.45) is 0 Å². The van der Waals surface area contributed by atoms with Crippen molar-refractivity contribution in [1.82, 2.24) is 9.88 Å². The Hall–Kier alpha value is -4.07. The Bertz CT molecular complexity index is 1360. The lowest BCUT2D eigenvalue weighted by Gasteiger charge is -2.33. The molecule has 2 amide bonds. The number of aromatic nitrogens is 1. The van der Waals surface area contributed by atoms with E-state index in [1.165, 1.54) is 0 Å². The monoisotopic (exact) mass is 481 g/mol.